The lowest BCUT2D eigenvalue weighted by Gasteiger charge is -1.94. The molecule has 28 heavy (non-hydrogen) atoms. The van der Waals surface area contributed by atoms with Gasteiger partial charge in [-0.05, 0) is 63.1 Å². The highest BCUT2D eigenvalue weighted by Crippen LogP contribution is 2.04. The minimum atomic E-state index is -1.06. The largest absolute Gasteiger partial charge is 0.478 e. The van der Waals surface area contributed by atoms with Crippen LogP contribution >= 0.6 is 0 Å². The van der Waals surface area contributed by atoms with E-state index >= 15 is 0 Å². The van der Waals surface area contributed by atoms with Gasteiger partial charge >= 0.3 is 11.9 Å². The first kappa shape index (κ1) is 22.6. The highest BCUT2D eigenvalue weighted by Gasteiger charge is 2.04. The fraction of sp³-hybridized carbons (Fsp3) is 0.167. The van der Waals surface area contributed by atoms with Gasteiger partial charge in [-0.1, -0.05) is 59.7 Å². The Morgan fingerprint density at radius 2 is 0.821 bits per heavy atom. The maximum absolute atomic E-state index is 10.3. The molecule has 0 atom stereocenters. The molecule has 2 N–H and O–H groups in total. The topological polar surface area (TPSA) is 74.6 Å². The number of hydrogen-bond donors (Lipinski definition) is 2. The van der Waals surface area contributed by atoms with Crippen molar-refractivity contribution < 1.29 is 19.8 Å². The molecule has 0 aromatic heterocycles. The number of carboxylic acids is 2. The quantitative estimate of drug-likeness (QED) is 0.601. The summed E-state index contributed by atoms with van der Waals surface area (Å²) in [7, 11) is 0. The third-order valence-electron chi connectivity index (χ3n) is 4.02. The summed E-state index contributed by atoms with van der Waals surface area (Å²) in [5.74, 6) is -2.13. The molecule has 0 bridgehead atoms. The van der Waals surface area contributed by atoms with Crippen molar-refractivity contribution in [2.45, 2.75) is 27.7 Å². The Hall–Kier alpha value is -3.40. The molecule has 0 unspecified atom stereocenters. The Balaban J connectivity index is 0.000000217. The molecule has 0 saturated carbocycles. The normalized spacial score (nSPS) is 9.29. The van der Waals surface area contributed by atoms with Gasteiger partial charge in [0, 0.05) is 0 Å². The molecule has 0 fully saturated rings. The van der Waals surface area contributed by atoms with Gasteiger partial charge in [-0.25, -0.2) is 9.59 Å². The first-order valence-corrected chi connectivity index (χ1v) is 8.83. The predicted octanol–water partition coefficient (Wildman–Crippen LogP) is 5.69. The Morgan fingerprint density at radius 1 is 0.536 bits per heavy atom. The van der Waals surface area contributed by atoms with Crippen molar-refractivity contribution in [3.05, 3.63) is 106 Å². The lowest BCUT2D eigenvalue weighted by atomic mass is 10.1. The Kier molecular flexibility index (Phi) is 9.17. The van der Waals surface area contributed by atoms with Crippen molar-refractivity contribution >= 4 is 11.9 Å². The van der Waals surface area contributed by atoms with E-state index < -0.39 is 11.9 Å². The van der Waals surface area contributed by atoms with Crippen molar-refractivity contribution in [2.24, 2.45) is 0 Å². The van der Waals surface area contributed by atoms with Crippen LogP contribution in [0.2, 0.25) is 0 Å². The summed E-state index contributed by atoms with van der Waals surface area (Å²) in [5.41, 5.74) is 5.56. The van der Waals surface area contributed by atoms with Gasteiger partial charge in [0.15, 0.2) is 0 Å². The van der Waals surface area contributed by atoms with Gasteiger partial charge in [0.1, 0.15) is 0 Å². The van der Waals surface area contributed by atoms with Crippen molar-refractivity contribution in [1.29, 1.82) is 0 Å². The summed E-state index contributed by atoms with van der Waals surface area (Å²) < 4.78 is 0. The van der Waals surface area contributed by atoms with Gasteiger partial charge in [0.25, 0.3) is 0 Å². The summed E-state index contributed by atoms with van der Waals surface area (Å²) in [4.78, 5) is 20.7. The maximum atomic E-state index is 10.3. The van der Waals surface area contributed by atoms with Crippen LogP contribution in [0.25, 0.3) is 0 Å². The molecule has 0 radical (unpaired) electrons. The van der Waals surface area contributed by atoms with Crippen molar-refractivity contribution in [1.82, 2.24) is 0 Å². The molecular weight excluding hydrogens is 352 g/mol. The lowest BCUT2D eigenvalue weighted by molar-refractivity contribution is 0.0681. The highest BCUT2D eigenvalue weighted by atomic mass is 16.4. The molecule has 0 aliphatic rings. The van der Waals surface area contributed by atoms with E-state index in [-0.39, 0.29) is 11.1 Å². The monoisotopic (exact) mass is 378 g/mol. The number of rotatable bonds is 2. The third-order valence-corrected chi connectivity index (χ3v) is 4.02. The van der Waals surface area contributed by atoms with Gasteiger partial charge in [-0.3, -0.25) is 0 Å². The first-order valence-electron chi connectivity index (χ1n) is 8.83. The van der Waals surface area contributed by atoms with Crippen LogP contribution in [0.15, 0.2) is 72.8 Å². The lowest BCUT2D eigenvalue weighted by Crippen LogP contribution is -1.99. The number of carbonyl (C=O) groups is 2. The van der Waals surface area contributed by atoms with Gasteiger partial charge in [0.05, 0.1) is 11.1 Å². The SMILES string of the molecule is Cc1ccc(C)cc1.Cc1ccccc1C.O=C(O)c1ccc(C(=O)O)cc1. The summed E-state index contributed by atoms with van der Waals surface area (Å²) in [6.45, 7) is 8.43. The van der Waals surface area contributed by atoms with E-state index in [1.165, 1.54) is 46.5 Å². The van der Waals surface area contributed by atoms with E-state index in [4.69, 9.17) is 10.2 Å². The first-order chi connectivity index (χ1) is 13.2. The van der Waals surface area contributed by atoms with E-state index in [9.17, 15) is 9.59 Å². The fourth-order valence-electron chi connectivity index (χ4n) is 2.05. The summed E-state index contributed by atoms with van der Waals surface area (Å²) >= 11 is 0. The zero-order valence-corrected chi connectivity index (χ0v) is 16.6. The molecule has 3 rings (SSSR count). The van der Waals surface area contributed by atoms with Crippen LogP contribution in [0.4, 0.5) is 0 Å². The molecule has 0 amide bonds. The van der Waals surface area contributed by atoms with Gasteiger partial charge in [-0.15, -0.1) is 0 Å². The molecule has 4 nitrogen and oxygen atoms in total. The fourth-order valence-corrected chi connectivity index (χ4v) is 2.05. The van der Waals surface area contributed by atoms with E-state index in [1.807, 2.05) is 0 Å². The summed E-state index contributed by atoms with van der Waals surface area (Å²) in [6.07, 6.45) is 0. The number of carboxylic acid groups (broad SMARTS) is 2. The molecule has 146 valence electrons. The molecule has 0 saturated heterocycles. The smallest absolute Gasteiger partial charge is 0.335 e. The van der Waals surface area contributed by atoms with Gasteiger partial charge < -0.3 is 10.2 Å². The number of aryl methyl sites for hydroxylation is 4. The Morgan fingerprint density at radius 3 is 1.04 bits per heavy atom. The molecule has 0 spiro atoms. The van der Waals surface area contributed by atoms with Crippen LogP contribution in [0.3, 0.4) is 0 Å². The standard InChI is InChI=1S/C8H6O4.2C8H10/c9-7(10)5-1-2-6(4-3-5)8(11)12;1-7-3-5-8(2)6-4-7;1-7-5-3-4-6-8(7)2/h1-4H,(H,9,10)(H,11,12);2*3-6H,1-2H3. The van der Waals surface area contributed by atoms with E-state index in [0.29, 0.717) is 0 Å². The summed E-state index contributed by atoms with van der Waals surface area (Å²) in [6, 6.07) is 21.9. The van der Waals surface area contributed by atoms with Crippen LogP contribution in [0, 0.1) is 27.7 Å². The average Bonchev–Trinajstić information content (AvgIpc) is 2.67. The molecule has 0 aliphatic carbocycles. The Labute approximate surface area is 166 Å². The maximum Gasteiger partial charge on any atom is 0.335 e. The van der Waals surface area contributed by atoms with Crippen LogP contribution in [0.5, 0.6) is 0 Å². The zero-order valence-electron chi connectivity index (χ0n) is 16.6. The second kappa shape index (κ2) is 11.3. The minimum absolute atomic E-state index is 0.0833. The zero-order chi connectivity index (χ0) is 21.1. The highest BCUT2D eigenvalue weighted by molar-refractivity contribution is 5.91. The third kappa shape index (κ3) is 8.32. The van der Waals surface area contributed by atoms with Crippen LogP contribution in [-0.4, -0.2) is 22.2 Å². The second-order valence-electron chi connectivity index (χ2n) is 6.43. The van der Waals surface area contributed by atoms with Crippen LogP contribution < -0.4 is 0 Å². The van der Waals surface area contributed by atoms with Crippen LogP contribution in [-0.2, 0) is 0 Å². The molecular formula is C24H26O4. The Bertz CT molecular complexity index is 820. The van der Waals surface area contributed by atoms with Gasteiger partial charge in [0.2, 0.25) is 0 Å². The van der Waals surface area contributed by atoms with E-state index in [2.05, 4.69) is 76.2 Å². The number of benzene rings is 3. The van der Waals surface area contributed by atoms with Crippen molar-refractivity contribution in [3.63, 3.8) is 0 Å². The predicted molar refractivity (Wildman–Crippen MR) is 112 cm³/mol. The molecule has 0 heterocycles. The summed E-state index contributed by atoms with van der Waals surface area (Å²) in [5, 5.41) is 16.9. The van der Waals surface area contributed by atoms with Gasteiger partial charge in [-0.2, -0.15) is 0 Å². The average molecular weight is 378 g/mol. The van der Waals surface area contributed by atoms with E-state index in [1.54, 1.807) is 0 Å². The van der Waals surface area contributed by atoms with Crippen molar-refractivity contribution in [2.75, 3.05) is 0 Å². The minimum Gasteiger partial charge on any atom is -0.478 e. The molecule has 3 aromatic carbocycles. The second-order valence-corrected chi connectivity index (χ2v) is 6.43. The molecule has 0 aliphatic heterocycles. The molecule has 3 aromatic rings. The number of hydrogen-bond acceptors (Lipinski definition) is 2. The van der Waals surface area contributed by atoms with Crippen LogP contribution in [0.1, 0.15) is 43.0 Å². The molecule has 4 heteroatoms. The number of aromatic carboxylic acids is 2. The van der Waals surface area contributed by atoms with E-state index in [0.717, 1.165) is 0 Å². The van der Waals surface area contributed by atoms with Crippen molar-refractivity contribution in [3.8, 4) is 0 Å².